The number of hydrogen-bond acceptors (Lipinski definition) is 3. The molecule has 1 N–H and O–H groups in total. The van der Waals surface area contributed by atoms with Gasteiger partial charge in [0.15, 0.2) is 0 Å². The van der Waals surface area contributed by atoms with Crippen LogP contribution >= 0.6 is 0 Å². The van der Waals surface area contributed by atoms with Crippen molar-refractivity contribution in [1.82, 2.24) is 14.9 Å². The average molecular weight is 312 g/mol. The van der Waals surface area contributed by atoms with Gasteiger partial charge in [-0.15, -0.1) is 0 Å². The molecule has 1 atom stereocenters. The Labute approximate surface area is 135 Å². The first-order chi connectivity index (χ1) is 11.0. The molecule has 23 heavy (non-hydrogen) atoms. The van der Waals surface area contributed by atoms with Gasteiger partial charge >= 0.3 is 0 Å². The summed E-state index contributed by atoms with van der Waals surface area (Å²) in [6.45, 7) is 4.60. The summed E-state index contributed by atoms with van der Waals surface area (Å²) in [5.41, 5.74) is 2.03. The lowest BCUT2D eigenvalue weighted by Gasteiger charge is -2.17. The Bertz CT molecular complexity index is 720. The molecule has 0 bridgehead atoms. The number of benzene rings is 1. The van der Waals surface area contributed by atoms with Gasteiger partial charge in [-0.3, -0.25) is 9.59 Å². The van der Waals surface area contributed by atoms with E-state index in [0.29, 0.717) is 13.0 Å². The topological polar surface area (TPSA) is 67.2 Å². The highest BCUT2D eigenvalue weighted by molar-refractivity contribution is 5.96. The second-order valence-electron chi connectivity index (χ2n) is 5.91. The molecule has 1 fully saturated rings. The smallest absolute Gasteiger partial charge is 0.240 e. The molecule has 0 saturated carbocycles. The van der Waals surface area contributed by atoms with Gasteiger partial charge in [-0.05, 0) is 26.0 Å². The van der Waals surface area contributed by atoms with E-state index in [2.05, 4.69) is 10.3 Å². The highest BCUT2D eigenvalue weighted by Gasteiger charge is 2.31. The van der Waals surface area contributed by atoms with E-state index < -0.39 is 0 Å². The summed E-state index contributed by atoms with van der Waals surface area (Å²) in [4.78, 5) is 30.1. The Hall–Kier alpha value is -2.63. The number of carbonyl (C=O) groups excluding carboxylic acids is 2. The average Bonchev–Trinajstić information content (AvgIpc) is 3.06. The van der Waals surface area contributed by atoms with Gasteiger partial charge < -0.3 is 14.8 Å². The molecule has 0 aliphatic carbocycles. The van der Waals surface area contributed by atoms with Crippen LogP contribution in [0.4, 0.5) is 5.69 Å². The monoisotopic (exact) mass is 312 g/mol. The number of imidazole rings is 1. The van der Waals surface area contributed by atoms with Crippen molar-refractivity contribution < 1.29 is 9.59 Å². The molecule has 2 amide bonds. The fraction of sp³-hybridized carbons (Fsp3) is 0.353. The molecule has 0 radical (unpaired) electrons. The lowest BCUT2D eigenvalue weighted by atomic mass is 10.2. The number of hydrogen-bond donors (Lipinski definition) is 1. The first-order valence-electron chi connectivity index (χ1n) is 7.67. The van der Waals surface area contributed by atoms with Crippen molar-refractivity contribution in [2.24, 2.45) is 0 Å². The van der Waals surface area contributed by atoms with Gasteiger partial charge in [0.1, 0.15) is 12.4 Å². The summed E-state index contributed by atoms with van der Waals surface area (Å²) >= 11 is 0. The quantitative estimate of drug-likeness (QED) is 0.928. The SMILES string of the molecule is Cc1ccc(N2C[C@H](NC(=O)Cn3ccnc3C)CC2=O)cc1. The maximum atomic E-state index is 12.2. The summed E-state index contributed by atoms with van der Waals surface area (Å²) < 4.78 is 1.78. The van der Waals surface area contributed by atoms with Crippen LogP contribution in [-0.4, -0.2) is 34.0 Å². The molecule has 2 heterocycles. The minimum Gasteiger partial charge on any atom is -0.349 e. The number of aromatic nitrogens is 2. The highest BCUT2D eigenvalue weighted by Crippen LogP contribution is 2.21. The van der Waals surface area contributed by atoms with Crippen LogP contribution < -0.4 is 10.2 Å². The largest absolute Gasteiger partial charge is 0.349 e. The van der Waals surface area contributed by atoms with Crippen molar-refractivity contribution in [2.45, 2.75) is 32.9 Å². The standard InChI is InChI=1S/C17H20N4O2/c1-12-3-5-15(6-4-12)21-10-14(9-17(21)23)19-16(22)11-20-8-7-18-13(20)2/h3-8,14H,9-11H2,1-2H3,(H,19,22)/t14-/m1/s1. The first-order valence-corrected chi connectivity index (χ1v) is 7.67. The van der Waals surface area contributed by atoms with Crippen molar-refractivity contribution in [2.75, 3.05) is 11.4 Å². The summed E-state index contributed by atoms with van der Waals surface area (Å²) in [5.74, 6) is 0.733. The third-order valence-corrected chi connectivity index (χ3v) is 4.07. The van der Waals surface area contributed by atoms with E-state index >= 15 is 0 Å². The van der Waals surface area contributed by atoms with Crippen LogP contribution in [0.3, 0.4) is 0 Å². The third kappa shape index (κ3) is 3.41. The summed E-state index contributed by atoms with van der Waals surface area (Å²) in [6.07, 6.45) is 3.77. The van der Waals surface area contributed by atoms with E-state index in [0.717, 1.165) is 17.1 Å². The summed E-state index contributed by atoms with van der Waals surface area (Å²) in [5, 5.41) is 2.94. The Kier molecular flexibility index (Phi) is 4.14. The molecule has 6 heteroatoms. The molecule has 0 spiro atoms. The first kappa shape index (κ1) is 15.3. The molecule has 1 aliphatic rings. The van der Waals surface area contributed by atoms with Crippen molar-refractivity contribution >= 4 is 17.5 Å². The number of nitrogens with one attached hydrogen (secondary N) is 1. The Morgan fingerprint density at radius 3 is 2.70 bits per heavy atom. The molecule has 6 nitrogen and oxygen atoms in total. The molecule has 2 aromatic rings. The van der Waals surface area contributed by atoms with Crippen LogP contribution in [0.15, 0.2) is 36.7 Å². The van der Waals surface area contributed by atoms with E-state index in [4.69, 9.17) is 0 Å². The zero-order chi connectivity index (χ0) is 16.4. The third-order valence-electron chi connectivity index (χ3n) is 4.07. The van der Waals surface area contributed by atoms with Crippen molar-refractivity contribution in [3.8, 4) is 0 Å². The molecule has 1 saturated heterocycles. The second-order valence-corrected chi connectivity index (χ2v) is 5.91. The molecule has 1 aliphatic heterocycles. The minimum absolute atomic E-state index is 0.0398. The molecule has 1 aromatic heterocycles. The molecule has 120 valence electrons. The molecule has 0 unspecified atom stereocenters. The molecular weight excluding hydrogens is 292 g/mol. The summed E-state index contributed by atoms with van der Waals surface area (Å²) in [7, 11) is 0. The van der Waals surface area contributed by atoms with Crippen LogP contribution in [0.2, 0.25) is 0 Å². The number of carbonyl (C=O) groups is 2. The second kappa shape index (κ2) is 6.24. The van der Waals surface area contributed by atoms with Gasteiger partial charge in [0.25, 0.3) is 0 Å². The maximum absolute atomic E-state index is 12.2. The Balaban J connectivity index is 1.60. The van der Waals surface area contributed by atoms with E-state index in [1.165, 1.54) is 0 Å². The van der Waals surface area contributed by atoms with Gasteiger partial charge in [0.05, 0.1) is 6.04 Å². The maximum Gasteiger partial charge on any atom is 0.240 e. The van der Waals surface area contributed by atoms with Crippen LogP contribution in [0.1, 0.15) is 17.8 Å². The van der Waals surface area contributed by atoms with Gasteiger partial charge in [-0.1, -0.05) is 17.7 Å². The number of rotatable bonds is 4. The number of nitrogens with zero attached hydrogens (tertiary/aromatic N) is 3. The highest BCUT2D eigenvalue weighted by atomic mass is 16.2. The fourth-order valence-corrected chi connectivity index (χ4v) is 2.78. The lowest BCUT2D eigenvalue weighted by molar-refractivity contribution is -0.122. The van der Waals surface area contributed by atoms with Gasteiger partial charge in [0, 0.05) is 31.0 Å². The number of anilines is 1. The van der Waals surface area contributed by atoms with Crippen molar-refractivity contribution in [3.63, 3.8) is 0 Å². The van der Waals surface area contributed by atoms with Crippen LogP contribution in [0, 0.1) is 13.8 Å². The van der Waals surface area contributed by atoms with Crippen molar-refractivity contribution in [1.29, 1.82) is 0 Å². The van der Waals surface area contributed by atoms with Crippen LogP contribution in [0.5, 0.6) is 0 Å². The van der Waals surface area contributed by atoms with Gasteiger partial charge in [-0.2, -0.15) is 0 Å². The lowest BCUT2D eigenvalue weighted by Crippen LogP contribution is -2.39. The predicted octanol–water partition coefficient (Wildman–Crippen LogP) is 1.42. The van der Waals surface area contributed by atoms with Crippen LogP contribution in [-0.2, 0) is 16.1 Å². The van der Waals surface area contributed by atoms with E-state index in [9.17, 15) is 9.59 Å². The van der Waals surface area contributed by atoms with Crippen LogP contribution in [0.25, 0.3) is 0 Å². The summed E-state index contributed by atoms with van der Waals surface area (Å²) in [6, 6.07) is 7.69. The molecule has 1 aromatic carbocycles. The van der Waals surface area contributed by atoms with Crippen molar-refractivity contribution in [3.05, 3.63) is 48.0 Å². The van der Waals surface area contributed by atoms with E-state index in [1.54, 1.807) is 21.9 Å². The Morgan fingerprint density at radius 2 is 2.04 bits per heavy atom. The number of aryl methyl sites for hydroxylation is 2. The van der Waals surface area contributed by atoms with E-state index in [-0.39, 0.29) is 24.4 Å². The molecule has 3 rings (SSSR count). The minimum atomic E-state index is -0.153. The normalized spacial score (nSPS) is 17.6. The predicted molar refractivity (Wildman–Crippen MR) is 87.0 cm³/mol. The van der Waals surface area contributed by atoms with Gasteiger partial charge in [-0.25, -0.2) is 4.98 Å². The zero-order valence-electron chi connectivity index (χ0n) is 13.3. The number of amides is 2. The van der Waals surface area contributed by atoms with E-state index in [1.807, 2.05) is 38.1 Å². The Morgan fingerprint density at radius 1 is 1.30 bits per heavy atom. The van der Waals surface area contributed by atoms with Gasteiger partial charge in [0.2, 0.25) is 11.8 Å². The fourth-order valence-electron chi connectivity index (χ4n) is 2.78. The zero-order valence-corrected chi connectivity index (χ0v) is 13.3. The molecular formula is C17H20N4O2.